The van der Waals surface area contributed by atoms with Gasteiger partial charge in [-0.2, -0.15) is 0 Å². The van der Waals surface area contributed by atoms with E-state index in [-0.39, 0.29) is 5.78 Å². The molecular weight excluding hydrogens is 147 g/mol. The zero-order chi connectivity index (χ0) is 8.20. The molecule has 0 spiro atoms. The highest BCUT2D eigenvalue weighted by Gasteiger charge is 2.06. The van der Waals surface area contributed by atoms with Crippen molar-refractivity contribution >= 4 is 12.9 Å². The van der Waals surface area contributed by atoms with E-state index in [9.17, 15) is 9.36 Å². The van der Waals surface area contributed by atoms with Crippen molar-refractivity contribution < 1.29 is 9.36 Å². The largest absolute Gasteiger partial charge is 0.324 e. The molecule has 0 aromatic carbocycles. The van der Waals surface area contributed by atoms with Crippen LogP contribution < -0.4 is 0 Å². The van der Waals surface area contributed by atoms with Crippen LogP contribution in [0, 0.1) is 0 Å². The lowest BCUT2D eigenvalue weighted by molar-refractivity contribution is -0.117. The number of ketones is 1. The van der Waals surface area contributed by atoms with E-state index in [1.165, 1.54) is 0 Å². The van der Waals surface area contributed by atoms with Gasteiger partial charge in [0, 0.05) is 12.6 Å². The first-order valence-corrected chi connectivity index (χ1v) is 6.24. The third kappa shape index (κ3) is 7.90. The minimum atomic E-state index is -1.87. The second-order valence-corrected chi connectivity index (χ2v) is 6.70. The van der Waals surface area contributed by atoms with E-state index in [1.807, 2.05) is 0 Å². The standard InChI is InChI=1S/C7H15O2P/c1-7(8)5-4-6-10(2,3)9/h4-6H2,1-3H3. The van der Waals surface area contributed by atoms with Gasteiger partial charge in [-0.3, -0.25) is 0 Å². The maximum absolute atomic E-state index is 11.1. The molecule has 0 aromatic rings. The van der Waals surface area contributed by atoms with Gasteiger partial charge in [-0.1, -0.05) is 0 Å². The molecule has 0 saturated heterocycles. The summed E-state index contributed by atoms with van der Waals surface area (Å²) in [6.45, 7) is 5.08. The SMILES string of the molecule is CC(=O)CCCP(C)(C)=O. The van der Waals surface area contributed by atoms with E-state index in [2.05, 4.69) is 0 Å². The van der Waals surface area contributed by atoms with Crippen molar-refractivity contribution in [1.82, 2.24) is 0 Å². The molecule has 60 valence electrons. The van der Waals surface area contributed by atoms with Crippen LogP contribution in [0.1, 0.15) is 19.8 Å². The molecule has 0 aromatic heterocycles. The first-order chi connectivity index (χ1) is 4.42. The molecule has 0 radical (unpaired) electrons. The molecule has 0 aliphatic heterocycles. The molecule has 0 saturated carbocycles. The lowest BCUT2D eigenvalue weighted by atomic mass is 10.3. The van der Waals surface area contributed by atoms with Crippen molar-refractivity contribution in [2.75, 3.05) is 19.5 Å². The highest BCUT2D eigenvalue weighted by Crippen LogP contribution is 2.36. The van der Waals surface area contributed by atoms with Crippen LogP contribution >= 0.6 is 7.14 Å². The summed E-state index contributed by atoms with van der Waals surface area (Å²) in [6.07, 6.45) is 2.05. The Labute approximate surface area is 62.4 Å². The molecule has 10 heavy (non-hydrogen) atoms. The van der Waals surface area contributed by atoms with E-state index in [4.69, 9.17) is 0 Å². The molecule has 0 bridgehead atoms. The Balaban J connectivity index is 3.39. The summed E-state index contributed by atoms with van der Waals surface area (Å²) in [6, 6.07) is 0. The van der Waals surface area contributed by atoms with E-state index in [0.29, 0.717) is 12.6 Å². The van der Waals surface area contributed by atoms with Crippen LogP contribution in [0.2, 0.25) is 0 Å². The van der Waals surface area contributed by atoms with Crippen molar-refractivity contribution in [3.05, 3.63) is 0 Å². The van der Waals surface area contributed by atoms with Gasteiger partial charge in [0.1, 0.15) is 5.78 Å². The van der Waals surface area contributed by atoms with Gasteiger partial charge in [-0.05, 0) is 26.7 Å². The minimum Gasteiger partial charge on any atom is -0.324 e. The predicted molar refractivity (Wildman–Crippen MR) is 44.2 cm³/mol. The fraction of sp³-hybridized carbons (Fsp3) is 0.857. The summed E-state index contributed by atoms with van der Waals surface area (Å²) in [7, 11) is -1.87. The van der Waals surface area contributed by atoms with Crippen LogP contribution in [0.15, 0.2) is 0 Å². The third-order valence-electron chi connectivity index (χ3n) is 1.23. The second kappa shape index (κ2) is 3.92. The number of rotatable bonds is 4. The predicted octanol–water partition coefficient (Wildman–Crippen LogP) is 1.98. The lowest BCUT2D eigenvalue weighted by Crippen LogP contribution is -1.93. The Hall–Kier alpha value is -0.100. The Kier molecular flexibility index (Phi) is 3.88. The Morgan fingerprint density at radius 2 is 1.90 bits per heavy atom. The highest BCUT2D eigenvalue weighted by atomic mass is 31.2. The van der Waals surface area contributed by atoms with Crippen molar-refractivity contribution in [1.29, 1.82) is 0 Å². The summed E-state index contributed by atoms with van der Waals surface area (Å²) in [5.74, 6) is 0.188. The molecular formula is C7H15O2P. The molecule has 0 fully saturated rings. The summed E-state index contributed by atoms with van der Waals surface area (Å²) in [4.78, 5) is 10.4. The van der Waals surface area contributed by atoms with Gasteiger partial charge >= 0.3 is 0 Å². The number of Topliss-reactive ketones (excluding diaryl/α,β-unsaturated/α-hetero) is 1. The first-order valence-electron chi connectivity index (χ1n) is 3.45. The quantitative estimate of drug-likeness (QED) is 0.592. The van der Waals surface area contributed by atoms with Gasteiger partial charge in [0.2, 0.25) is 0 Å². The van der Waals surface area contributed by atoms with Gasteiger partial charge in [0.15, 0.2) is 0 Å². The summed E-state index contributed by atoms with van der Waals surface area (Å²) >= 11 is 0. The van der Waals surface area contributed by atoms with E-state index in [1.54, 1.807) is 20.3 Å². The molecule has 0 aliphatic rings. The summed E-state index contributed by atoms with van der Waals surface area (Å²) < 4.78 is 11.1. The molecule has 0 heterocycles. The fourth-order valence-electron chi connectivity index (χ4n) is 0.709. The lowest BCUT2D eigenvalue weighted by Gasteiger charge is -2.03. The van der Waals surface area contributed by atoms with Gasteiger partial charge in [0.25, 0.3) is 0 Å². The van der Waals surface area contributed by atoms with Gasteiger partial charge in [-0.25, -0.2) is 0 Å². The van der Waals surface area contributed by atoms with E-state index in [0.717, 1.165) is 6.42 Å². The normalized spacial score (nSPS) is 11.5. The van der Waals surface area contributed by atoms with Crippen molar-refractivity contribution in [3.8, 4) is 0 Å². The van der Waals surface area contributed by atoms with Crippen LogP contribution in [0.3, 0.4) is 0 Å². The van der Waals surface area contributed by atoms with Crippen LogP contribution in [0.4, 0.5) is 0 Å². The Morgan fingerprint density at radius 1 is 1.40 bits per heavy atom. The number of hydrogen-bond acceptors (Lipinski definition) is 2. The maximum atomic E-state index is 11.1. The zero-order valence-corrected chi connectivity index (χ0v) is 7.78. The monoisotopic (exact) mass is 162 g/mol. The second-order valence-electron chi connectivity index (χ2n) is 3.10. The van der Waals surface area contributed by atoms with E-state index >= 15 is 0 Å². The molecule has 0 unspecified atom stereocenters. The van der Waals surface area contributed by atoms with Crippen LogP contribution in [0.25, 0.3) is 0 Å². The van der Waals surface area contributed by atoms with Crippen LogP contribution in [-0.2, 0) is 9.36 Å². The molecule has 0 rings (SSSR count). The molecule has 3 heteroatoms. The zero-order valence-electron chi connectivity index (χ0n) is 6.89. The molecule has 0 atom stereocenters. The molecule has 2 nitrogen and oxygen atoms in total. The fourth-order valence-corrected chi connectivity index (χ4v) is 1.63. The minimum absolute atomic E-state index is 0.188. The average molecular weight is 162 g/mol. The van der Waals surface area contributed by atoms with Crippen LogP contribution in [0.5, 0.6) is 0 Å². The smallest absolute Gasteiger partial charge is 0.129 e. The molecule has 0 N–H and O–H groups in total. The number of hydrogen-bond donors (Lipinski definition) is 0. The average Bonchev–Trinajstić information content (AvgIpc) is 1.59. The number of carbonyl (C=O) groups is 1. The Morgan fingerprint density at radius 3 is 2.20 bits per heavy atom. The van der Waals surface area contributed by atoms with Crippen molar-refractivity contribution in [2.45, 2.75) is 19.8 Å². The Bertz CT molecular complexity index is 157. The highest BCUT2D eigenvalue weighted by molar-refractivity contribution is 7.62. The van der Waals surface area contributed by atoms with Gasteiger partial charge in [0.05, 0.1) is 7.14 Å². The molecule has 0 amide bonds. The number of carbonyl (C=O) groups excluding carboxylic acids is 1. The van der Waals surface area contributed by atoms with E-state index < -0.39 is 7.14 Å². The van der Waals surface area contributed by atoms with Crippen LogP contribution in [-0.4, -0.2) is 25.3 Å². The van der Waals surface area contributed by atoms with Crippen molar-refractivity contribution in [2.24, 2.45) is 0 Å². The third-order valence-corrected chi connectivity index (χ3v) is 2.62. The topological polar surface area (TPSA) is 34.1 Å². The molecule has 0 aliphatic carbocycles. The van der Waals surface area contributed by atoms with Gasteiger partial charge in [-0.15, -0.1) is 0 Å². The summed E-state index contributed by atoms with van der Waals surface area (Å²) in [5.41, 5.74) is 0. The maximum Gasteiger partial charge on any atom is 0.129 e. The summed E-state index contributed by atoms with van der Waals surface area (Å²) in [5, 5.41) is 0. The van der Waals surface area contributed by atoms with Crippen molar-refractivity contribution in [3.63, 3.8) is 0 Å². The first kappa shape index (κ1) is 9.90. The van der Waals surface area contributed by atoms with Gasteiger partial charge < -0.3 is 9.36 Å².